The number of rotatable bonds is 16. The lowest BCUT2D eigenvalue weighted by Gasteiger charge is -2.37. The molecule has 0 saturated carbocycles. The van der Waals surface area contributed by atoms with E-state index in [0.717, 1.165) is 12.8 Å². The van der Waals surface area contributed by atoms with Gasteiger partial charge in [0, 0.05) is 38.5 Å². The summed E-state index contributed by atoms with van der Waals surface area (Å²) in [7, 11) is 0. The Kier molecular flexibility index (Phi) is 10.1. The molecule has 230 valence electrons. The third-order valence-electron chi connectivity index (χ3n) is 9.22. The van der Waals surface area contributed by atoms with Crippen molar-refractivity contribution in [2.45, 2.75) is 76.5 Å². The van der Waals surface area contributed by atoms with Gasteiger partial charge in [-0.1, -0.05) is 32.4 Å². The number of carbonyl (C=O) groups excluding carboxylic acids is 3. The van der Waals surface area contributed by atoms with Gasteiger partial charge in [0.2, 0.25) is 17.7 Å². The van der Waals surface area contributed by atoms with Crippen LogP contribution in [0.2, 0.25) is 0 Å². The van der Waals surface area contributed by atoms with Gasteiger partial charge in [0.1, 0.15) is 17.4 Å². The maximum atomic E-state index is 14.6. The minimum atomic E-state index is -1.11. The summed E-state index contributed by atoms with van der Waals surface area (Å²) in [6, 6.07) is 6.47. The van der Waals surface area contributed by atoms with Crippen molar-refractivity contribution in [1.29, 1.82) is 0 Å². The molecule has 1 N–H and O–H groups in total. The SMILES string of the molecule is C=CCN(CCCC)C(=O)C1N(CCCO)C(=O)[C@@H]2[C@@H](C(=O)N(CC=C)c3ccc(OCC)cc3)[C@@]3(CC)CCC12O3. The molecule has 0 radical (unpaired) electrons. The minimum Gasteiger partial charge on any atom is -0.494 e. The van der Waals surface area contributed by atoms with Crippen molar-refractivity contribution in [2.24, 2.45) is 11.8 Å². The summed E-state index contributed by atoms with van der Waals surface area (Å²) in [5, 5.41) is 9.65. The van der Waals surface area contributed by atoms with Gasteiger partial charge in [0.15, 0.2) is 0 Å². The second kappa shape index (κ2) is 13.4. The summed E-state index contributed by atoms with van der Waals surface area (Å²) in [5.74, 6) is -1.46. The number of anilines is 1. The maximum absolute atomic E-state index is 14.6. The van der Waals surface area contributed by atoms with Gasteiger partial charge < -0.3 is 29.3 Å². The van der Waals surface area contributed by atoms with Crippen molar-refractivity contribution in [3.8, 4) is 5.75 Å². The number of hydrogen-bond acceptors (Lipinski definition) is 6. The molecule has 9 heteroatoms. The molecular weight excluding hydrogens is 534 g/mol. The first-order valence-electron chi connectivity index (χ1n) is 15.4. The number of amides is 3. The monoisotopic (exact) mass is 581 g/mol. The van der Waals surface area contributed by atoms with Crippen LogP contribution in [0, 0.1) is 11.8 Å². The fourth-order valence-electron chi connectivity index (χ4n) is 7.33. The molecule has 4 rings (SSSR count). The molecule has 1 aromatic rings. The number of hydrogen-bond donors (Lipinski definition) is 1. The Labute approximate surface area is 250 Å². The van der Waals surface area contributed by atoms with Crippen LogP contribution in [-0.2, 0) is 19.1 Å². The second-order valence-electron chi connectivity index (χ2n) is 11.5. The fourth-order valence-corrected chi connectivity index (χ4v) is 7.33. The zero-order valence-electron chi connectivity index (χ0n) is 25.4. The lowest BCUT2D eigenvalue weighted by Crippen LogP contribution is -2.56. The van der Waals surface area contributed by atoms with Crippen molar-refractivity contribution in [1.82, 2.24) is 9.80 Å². The van der Waals surface area contributed by atoms with E-state index in [0.29, 0.717) is 56.8 Å². The van der Waals surface area contributed by atoms with Gasteiger partial charge in [-0.3, -0.25) is 14.4 Å². The first-order valence-corrected chi connectivity index (χ1v) is 15.4. The first kappa shape index (κ1) is 31.8. The predicted octanol–water partition coefficient (Wildman–Crippen LogP) is 3.96. The summed E-state index contributed by atoms with van der Waals surface area (Å²) >= 11 is 0. The van der Waals surface area contributed by atoms with Gasteiger partial charge >= 0.3 is 0 Å². The fraction of sp³-hybridized carbons (Fsp3) is 0.606. The van der Waals surface area contributed by atoms with Crippen molar-refractivity contribution < 1.29 is 29.0 Å². The molecular formula is C33H47N3O6. The summed E-state index contributed by atoms with van der Waals surface area (Å²) in [6.45, 7) is 15.5. The van der Waals surface area contributed by atoms with E-state index in [9.17, 15) is 19.5 Å². The molecule has 9 nitrogen and oxygen atoms in total. The molecule has 3 amide bonds. The van der Waals surface area contributed by atoms with Crippen LogP contribution in [0.15, 0.2) is 49.6 Å². The molecule has 5 atom stereocenters. The molecule has 3 heterocycles. The number of ether oxygens (including phenoxy) is 2. The van der Waals surface area contributed by atoms with Crippen LogP contribution in [-0.4, -0.2) is 89.3 Å². The van der Waals surface area contributed by atoms with E-state index in [1.165, 1.54) is 0 Å². The van der Waals surface area contributed by atoms with E-state index in [2.05, 4.69) is 20.1 Å². The molecule has 2 bridgehead atoms. The van der Waals surface area contributed by atoms with Gasteiger partial charge in [-0.25, -0.2) is 0 Å². The highest BCUT2D eigenvalue weighted by Crippen LogP contribution is 2.64. The molecule has 2 unspecified atom stereocenters. The highest BCUT2D eigenvalue weighted by Gasteiger charge is 2.79. The highest BCUT2D eigenvalue weighted by molar-refractivity contribution is 6.03. The average molecular weight is 582 g/mol. The largest absolute Gasteiger partial charge is 0.494 e. The lowest BCUT2D eigenvalue weighted by molar-refractivity contribution is -0.152. The number of benzene rings is 1. The van der Waals surface area contributed by atoms with Crippen LogP contribution in [0.4, 0.5) is 5.69 Å². The third-order valence-corrected chi connectivity index (χ3v) is 9.22. The number of carbonyl (C=O) groups is 3. The van der Waals surface area contributed by atoms with Crippen LogP contribution in [0.5, 0.6) is 5.75 Å². The van der Waals surface area contributed by atoms with E-state index >= 15 is 0 Å². The van der Waals surface area contributed by atoms with Gasteiger partial charge in [-0.2, -0.15) is 0 Å². The Morgan fingerprint density at radius 3 is 2.40 bits per heavy atom. The Bertz CT molecular complexity index is 1150. The normalized spacial score (nSPS) is 27.6. The second-order valence-corrected chi connectivity index (χ2v) is 11.5. The summed E-state index contributed by atoms with van der Waals surface area (Å²) in [6.07, 6.45) is 7.11. The molecule has 3 saturated heterocycles. The summed E-state index contributed by atoms with van der Waals surface area (Å²) in [5.41, 5.74) is -1.28. The van der Waals surface area contributed by atoms with E-state index in [1.807, 2.05) is 38.1 Å². The molecule has 1 spiro atoms. The summed E-state index contributed by atoms with van der Waals surface area (Å²) < 4.78 is 12.5. The van der Waals surface area contributed by atoms with Gasteiger partial charge in [-0.15, -0.1) is 13.2 Å². The number of unbranched alkanes of at least 4 members (excludes halogenated alkanes) is 1. The standard InChI is InChI=1S/C33H47N3O6/c1-6-11-21-34(19-7-2)31(40)28-33-18-17-32(9-4,42-33)26(27(33)30(39)36(28)22-12-23-37)29(38)35(20-8-3)24-13-15-25(16-14-24)41-10-5/h7-8,13-16,26-28,37H,2-3,6,9-12,17-23H2,1,4-5H3/t26-,27-,28?,32+,33?/m0/s1. The van der Waals surface area contributed by atoms with Crippen LogP contribution in [0.3, 0.4) is 0 Å². The minimum absolute atomic E-state index is 0.110. The zero-order valence-corrected chi connectivity index (χ0v) is 25.4. The van der Waals surface area contributed by atoms with E-state index < -0.39 is 29.1 Å². The van der Waals surface area contributed by atoms with Gasteiger partial charge in [0.05, 0.1) is 24.0 Å². The van der Waals surface area contributed by atoms with Crippen molar-refractivity contribution in [2.75, 3.05) is 44.3 Å². The Morgan fingerprint density at radius 1 is 1.10 bits per heavy atom. The van der Waals surface area contributed by atoms with Crippen molar-refractivity contribution in [3.05, 3.63) is 49.6 Å². The first-order chi connectivity index (χ1) is 20.3. The molecule has 3 aliphatic rings. The smallest absolute Gasteiger partial charge is 0.248 e. The van der Waals surface area contributed by atoms with Crippen LogP contribution in [0.1, 0.15) is 59.3 Å². The lowest BCUT2D eigenvalue weighted by atomic mass is 9.64. The van der Waals surface area contributed by atoms with Gasteiger partial charge in [0.25, 0.3) is 0 Å². The number of nitrogens with zero attached hydrogens (tertiary/aromatic N) is 3. The van der Waals surface area contributed by atoms with Crippen molar-refractivity contribution in [3.63, 3.8) is 0 Å². The Hall–Kier alpha value is -3.17. The van der Waals surface area contributed by atoms with E-state index in [4.69, 9.17) is 9.47 Å². The van der Waals surface area contributed by atoms with Crippen molar-refractivity contribution >= 4 is 23.4 Å². The van der Waals surface area contributed by atoms with Crippen LogP contribution in [0.25, 0.3) is 0 Å². The Balaban J connectivity index is 1.77. The predicted molar refractivity (Wildman–Crippen MR) is 162 cm³/mol. The molecule has 42 heavy (non-hydrogen) atoms. The van der Waals surface area contributed by atoms with Gasteiger partial charge in [-0.05, 0) is 63.3 Å². The number of aliphatic hydroxyl groups is 1. The molecule has 0 aliphatic carbocycles. The van der Waals surface area contributed by atoms with E-state index in [1.54, 1.807) is 26.9 Å². The summed E-state index contributed by atoms with van der Waals surface area (Å²) in [4.78, 5) is 48.3. The van der Waals surface area contributed by atoms with E-state index in [-0.39, 0.29) is 37.4 Å². The topological polar surface area (TPSA) is 99.6 Å². The highest BCUT2D eigenvalue weighted by atomic mass is 16.5. The molecule has 3 fully saturated rings. The van der Waals surface area contributed by atoms with Crippen LogP contribution >= 0.6 is 0 Å². The number of likely N-dealkylation sites (tertiary alicyclic amines) is 1. The molecule has 1 aromatic carbocycles. The molecule has 3 aliphatic heterocycles. The average Bonchev–Trinajstić information content (AvgIpc) is 3.60. The maximum Gasteiger partial charge on any atom is 0.248 e. The Morgan fingerprint density at radius 2 is 1.81 bits per heavy atom. The quantitative estimate of drug-likeness (QED) is 0.297. The number of aliphatic hydroxyl groups excluding tert-OH is 1. The van der Waals surface area contributed by atoms with Crippen LogP contribution < -0.4 is 9.64 Å². The third kappa shape index (κ3) is 5.37. The number of fused-ring (bicyclic) bond motifs is 1. The molecule has 0 aromatic heterocycles. The zero-order chi connectivity index (χ0) is 30.5.